The molecule has 0 amide bonds. The third-order valence-electron chi connectivity index (χ3n) is 5.26. The summed E-state index contributed by atoms with van der Waals surface area (Å²) in [5, 5.41) is 20.4. The van der Waals surface area contributed by atoms with E-state index in [9.17, 15) is 4.39 Å². The Bertz CT molecular complexity index is 1180. The predicted molar refractivity (Wildman–Crippen MR) is 140 cm³/mol. The van der Waals surface area contributed by atoms with Crippen molar-refractivity contribution in [3.8, 4) is 11.3 Å². The topological polar surface area (TPSA) is 97.8 Å². The summed E-state index contributed by atoms with van der Waals surface area (Å²) in [7, 11) is 0. The fourth-order valence-electron chi connectivity index (χ4n) is 3.43. The fraction of sp³-hybridized carbons (Fsp3) is 0.308. The van der Waals surface area contributed by atoms with Crippen LogP contribution in [0, 0.1) is 10.8 Å². The van der Waals surface area contributed by atoms with Crippen molar-refractivity contribution < 1.29 is 9.13 Å². The van der Waals surface area contributed by atoms with Gasteiger partial charge in [-0.15, -0.1) is 11.8 Å². The second kappa shape index (κ2) is 11.4. The normalized spacial score (nSPS) is 12.6. The largest absolute Gasteiger partial charge is 0.419 e. The molecule has 3 N–H and O–H groups in total. The van der Waals surface area contributed by atoms with Crippen molar-refractivity contribution in [1.82, 2.24) is 15.3 Å². The SMILES string of the molecule is CC(C)Sc1ccc(-c2cnc(N3CC3)c(C(=N)OC(=N)c3ccc(CNCCF)cc3)n2)cc1. The number of thioether (sulfide) groups is 1. The smallest absolute Gasteiger partial charge is 0.243 e. The Morgan fingerprint density at radius 2 is 1.80 bits per heavy atom. The number of ether oxygens (including phenoxy) is 1. The molecule has 2 aromatic carbocycles. The Hall–Kier alpha value is -3.30. The summed E-state index contributed by atoms with van der Waals surface area (Å²) < 4.78 is 17.8. The molecule has 1 aromatic heterocycles. The Kier molecular flexibility index (Phi) is 8.09. The van der Waals surface area contributed by atoms with Gasteiger partial charge in [0, 0.05) is 47.5 Å². The van der Waals surface area contributed by atoms with Crippen LogP contribution in [0.25, 0.3) is 11.3 Å². The van der Waals surface area contributed by atoms with Crippen LogP contribution < -0.4 is 10.2 Å². The fourth-order valence-corrected chi connectivity index (χ4v) is 4.26. The maximum Gasteiger partial charge on any atom is 0.243 e. The molecule has 182 valence electrons. The number of nitrogens with one attached hydrogen (secondary N) is 3. The molecule has 4 rings (SSSR count). The van der Waals surface area contributed by atoms with Gasteiger partial charge in [-0.3, -0.25) is 10.8 Å². The number of nitrogens with zero attached hydrogens (tertiary/aromatic N) is 3. The van der Waals surface area contributed by atoms with Crippen LogP contribution >= 0.6 is 11.8 Å². The van der Waals surface area contributed by atoms with Crippen molar-refractivity contribution in [1.29, 1.82) is 10.8 Å². The molecule has 9 heteroatoms. The first kappa shape index (κ1) is 24.8. The first-order valence-corrected chi connectivity index (χ1v) is 12.4. The highest BCUT2D eigenvalue weighted by Crippen LogP contribution is 2.29. The van der Waals surface area contributed by atoms with Crippen molar-refractivity contribution >= 4 is 29.4 Å². The average Bonchev–Trinajstić information content (AvgIpc) is 3.70. The minimum atomic E-state index is -0.412. The monoisotopic (exact) mass is 492 g/mol. The second-order valence-electron chi connectivity index (χ2n) is 8.43. The van der Waals surface area contributed by atoms with E-state index < -0.39 is 6.67 Å². The molecule has 1 fully saturated rings. The summed E-state index contributed by atoms with van der Waals surface area (Å²) in [6.07, 6.45) is 1.72. The third kappa shape index (κ3) is 6.64. The molecule has 1 aliphatic rings. The molecule has 1 aliphatic heterocycles. The highest BCUT2D eigenvalue weighted by Gasteiger charge is 2.27. The van der Waals surface area contributed by atoms with Gasteiger partial charge in [-0.2, -0.15) is 0 Å². The Morgan fingerprint density at radius 3 is 2.43 bits per heavy atom. The second-order valence-corrected chi connectivity index (χ2v) is 10.1. The van der Waals surface area contributed by atoms with E-state index in [2.05, 4.69) is 36.3 Å². The van der Waals surface area contributed by atoms with E-state index in [1.807, 2.05) is 29.2 Å². The maximum atomic E-state index is 12.2. The van der Waals surface area contributed by atoms with Gasteiger partial charge in [-0.05, 0) is 29.8 Å². The van der Waals surface area contributed by atoms with Crippen LogP contribution in [0.3, 0.4) is 0 Å². The number of anilines is 1. The number of hydrogen-bond acceptors (Lipinski definition) is 8. The van der Waals surface area contributed by atoms with Gasteiger partial charge in [-0.1, -0.05) is 38.1 Å². The van der Waals surface area contributed by atoms with Crippen LogP contribution in [0.15, 0.2) is 59.6 Å². The quantitative estimate of drug-likeness (QED) is 0.123. The lowest BCUT2D eigenvalue weighted by molar-refractivity contribution is 0.467. The molecule has 35 heavy (non-hydrogen) atoms. The Morgan fingerprint density at radius 1 is 1.09 bits per heavy atom. The lowest BCUT2D eigenvalue weighted by Gasteiger charge is -2.13. The van der Waals surface area contributed by atoms with Gasteiger partial charge in [0.15, 0.2) is 11.5 Å². The van der Waals surface area contributed by atoms with E-state index in [-0.39, 0.29) is 11.8 Å². The van der Waals surface area contributed by atoms with Gasteiger partial charge >= 0.3 is 0 Å². The number of alkyl halides is 1. The minimum Gasteiger partial charge on any atom is -0.419 e. The zero-order chi connectivity index (χ0) is 24.8. The van der Waals surface area contributed by atoms with Crippen LogP contribution in [0.2, 0.25) is 0 Å². The average molecular weight is 493 g/mol. The first-order valence-electron chi connectivity index (χ1n) is 11.5. The van der Waals surface area contributed by atoms with Gasteiger partial charge in [0.25, 0.3) is 0 Å². The standard InChI is InChI=1S/C26H29FN6OS/c1-17(2)35-21-9-7-19(8-10-21)22-16-31-26(33-13-14-33)23(32-22)25(29)34-24(28)20-5-3-18(4-6-20)15-30-12-11-27/h3-10,16-17,28-30H,11-15H2,1-2H3. The molecule has 0 atom stereocenters. The molecule has 0 aliphatic carbocycles. The zero-order valence-electron chi connectivity index (χ0n) is 19.8. The lowest BCUT2D eigenvalue weighted by Crippen LogP contribution is -2.18. The lowest BCUT2D eigenvalue weighted by atomic mass is 10.1. The predicted octanol–water partition coefficient (Wildman–Crippen LogP) is 4.89. The van der Waals surface area contributed by atoms with Crippen LogP contribution in [0.5, 0.6) is 0 Å². The van der Waals surface area contributed by atoms with Gasteiger partial charge < -0.3 is 15.0 Å². The number of aromatic nitrogens is 2. The van der Waals surface area contributed by atoms with Crippen LogP contribution in [0.1, 0.15) is 30.7 Å². The molecule has 1 saturated heterocycles. The minimum absolute atomic E-state index is 0.141. The first-order chi connectivity index (χ1) is 16.9. The maximum absolute atomic E-state index is 12.2. The zero-order valence-corrected chi connectivity index (χ0v) is 20.7. The van der Waals surface area contributed by atoms with E-state index in [4.69, 9.17) is 20.5 Å². The molecule has 7 nitrogen and oxygen atoms in total. The summed E-state index contributed by atoms with van der Waals surface area (Å²) in [5.41, 5.74) is 3.39. The van der Waals surface area contributed by atoms with Gasteiger partial charge in [0.05, 0.1) is 11.9 Å². The van der Waals surface area contributed by atoms with Crippen LogP contribution in [-0.2, 0) is 11.3 Å². The Labute approximate surface area is 209 Å². The summed E-state index contributed by atoms with van der Waals surface area (Å²) in [6, 6.07) is 15.4. The highest BCUT2D eigenvalue weighted by atomic mass is 32.2. The van der Waals surface area contributed by atoms with Crippen molar-refractivity contribution in [3.63, 3.8) is 0 Å². The Balaban J connectivity index is 1.50. The molecule has 2 heterocycles. The summed E-state index contributed by atoms with van der Waals surface area (Å²) in [5.74, 6) is 0.233. The number of hydrogen-bond donors (Lipinski definition) is 3. The third-order valence-corrected chi connectivity index (χ3v) is 6.27. The molecule has 0 spiro atoms. The molecule has 0 bridgehead atoms. The van der Waals surface area contributed by atoms with E-state index >= 15 is 0 Å². The summed E-state index contributed by atoms with van der Waals surface area (Å²) >= 11 is 1.80. The number of rotatable bonds is 10. The molecule has 0 unspecified atom stereocenters. The van der Waals surface area contributed by atoms with Crippen molar-refractivity contribution in [2.24, 2.45) is 0 Å². The number of benzene rings is 2. The van der Waals surface area contributed by atoms with E-state index in [1.165, 1.54) is 4.90 Å². The van der Waals surface area contributed by atoms with E-state index in [0.29, 0.717) is 41.1 Å². The van der Waals surface area contributed by atoms with Crippen LogP contribution in [-0.4, -0.2) is 53.3 Å². The molecule has 0 saturated carbocycles. The van der Waals surface area contributed by atoms with E-state index in [1.54, 1.807) is 30.1 Å². The van der Waals surface area contributed by atoms with Gasteiger partial charge in [-0.25, -0.2) is 14.4 Å². The molecule has 3 aromatic rings. The van der Waals surface area contributed by atoms with Crippen molar-refractivity contribution in [2.75, 3.05) is 31.2 Å². The summed E-state index contributed by atoms with van der Waals surface area (Å²) in [4.78, 5) is 12.5. The van der Waals surface area contributed by atoms with Crippen molar-refractivity contribution in [2.45, 2.75) is 30.5 Å². The van der Waals surface area contributed by atoms with Crippen molar-refractivity contribution in [3.05, 3.63) is 71.5 Å². The highest BCUT2D eigenvalue weighted by molar-refractivity contribution is 7.99. The van der Waals surface area contributed by atoms with Crippen LogP contribution in [0.4, 0.5) is 10.2 Å². The van der Waals surface area contributed by atoms with Gasteiger partial charge in [0.1, 0.15) is 6.67 Å². The van der Waals surface area contributed by atoms with Gasteiger partial charge in [0.2, 0.25) is 11.8 Å². The molecular formula is C26H29FN6OS. The summed E-state index contributed by atoms with van der Waals surface area (Å²) in [6.45, 7) is 6.46. The molecule has 0 radical (unpaired) electrons. The van der Waals surface area contributed by atoms with E-state index in [0.717, 1.165) is 24.2 Å². The number of halogens is 1. The molecular weight excluding hydrogens is 463 g/mol.